The van der Waals surface area contributed by atoms with E-state index < -0.39 is 5.60 Å². The summed E-state index contributed by atoms with van der Waals surface area (Å²) in [5.74, 6) is 2.28. The molecule has 4 atom stereocenters. The third-order valence-corrected chi connectivity index (χ3v) is 5.11. The average molecular weight is 222 g/mol. The summed E-state index contributed by atoms with van der Waals surface area (Å²) in [7, 11) is 0. The molecule has 2 rings (SSSR count). The highest BCUT2D eigenvalue weighted by Crippen LogP contribution is 2.50. The molecule has 2 aliphatic rings. The van der Waals surface area contributed by atoms with E-state index >= 15 is 0 Å². The second-order valence-electron chi connectivity index (χ2n) is 6.40. The third-order valence-electron chi connectivity index (χ3n) is 5.11. The van der Waals surface area contributed by atoms with Crippen LogP contribution in [0.5, 0.6) is 0 Å². The minimum absolute atomic E-state index is 0.370. The zero-order chi connectivity index (χ0) is 11.9. The van der Waals surface area contributed by atoms with E-state index in [-0.39, 0.29) is 0 Å². The van der Waals surface area contributed by atoms with Crippen LogP contribution in [0.15, 0.2) is 11.6 Å². The predicted octanol–water partition coefficient (Wildman–Crippen LogP) is 3.78. The predicted molar refractivity (Wildman–Crippen MR) is 68.2 cm³/mol. The van der Waals surface area contributed by atoms with E-state index in [1.165, 1.54) is 24.8 Å². The minimum atomic E-state index is -0.446. The van der Waals surface area contributed by atoms with Crippen LogP contribution in [-0.2, 0) is 0 Å². The maximum absolute atomic E-state index is 10.9. The Kier molecular flexibility index (Phi) is 3.18. The average Bonchev–Trinajstić information content (AvgIpc) is 2.23. The van der Waals surface area contributed by atoms with Gasteiger partial charge in [-0.1, -0.05) is 32.4 Å². The number of allylic oxidation sites excluding steroid dienone is 1. The van der Waals surface area contributed by atoms with Gasteiger partial charge in [0, 0.05) is 5.92 Å². The largest absolute Gasteiger partial charge is 0.389 e. The summed E-state index contributed by atoms with van der Waals surface area (Å²) in [6, 6.07) is 0. The maximum atomic E-state index is 10.9. The zero-order valence-corrected chi connectivity index (χ0v) is 11.2. The van der Waals surface area contributed by atoms with Gasteiger partial charge in [-0.25, -0.2) is 0 Å². The Morgan fingerprint density at radius 1 is 1.38 bits per heavy atom. The van der Waals surface area contributed by atoms with Crippen LogP contribution in [0.3, 0.4) is 0 Å². The molecule has 0 amide bonds. The van der Waals surface area contributed by atoms with Gasteiger partial charge in [0.2, 0.25) is 0 Å². The minimum Gasteiger partial charge on any atom is -0.389 e. The summed E-state index contributed by atoms with van der Waals surface area (Å²) >= 11 is 0. The molecule has 0 aliphatic heterocycles. The number of rotatable bonds is 1. The van der Waals surface area contributed by atoms with Gasteiger partial charge in [0.05, 0.1) is 5.60 Å². The van der Waals surface area contributed by atoms with Crippen molar-refractivity contribution in [3.05, 3.63) is 11.6 Å². The Bertz CT molecular complexity index is 292. The van der Waals surface area contributed by atoms with Crippen LogP contribution in [0.2, 0.25) is 0 Å². The fraction of sp³-hybridized carbons (Fsp3) is 0.867. The molecule has 1 nitrogen and oxygen atoms in total. The fourth-order valence-electron chi connectivity index (χ4n) is 3.75. The van der Waals surface area contributed by atoms with E-state index in [1.54, 1.807) is 0 Å². The van der Waals surface area contributed by atoms with Gasteiger partial charge < -0.3 is 5.11 Å². The van der Waals surface area contributed by atoms with Crippen molar-refractivity contribution in [3.63, 3.8) is 0 Å². The van der Waals surface area contributed by atoms with E-state index in [9.17, 15) is 5.11 Å². The van der Waals surface area contributed by atoms with Gasteiger partial charge >= 0.3 is 0 Å². The van der Waals surface area contributed by atoms with Crippen molar-refractivity contribution in [2.75, 3.05) is 0 Å². The van der Waals surface area contributed by atoms with Crippen LogP contribution in [-0.4, -0.2) is 10.7 Å². The molecule has 0 aromatic heterocycles. The lowest BCUT2D eigenvalue weighted by Crippen LogP contribution is -2.51. The number of fused-ring (bicyclic) bond motifs is 1. The standard InChI is InChI=1S/C15H26O/c1-10(2)15(16)8-7-12(4)13-6-5-11(3)9-14(13)15/h9-10,12-14,16H,5-8H2,1-4H3/t12-,13+,14+,15-/m1/s1. The van der Waals surface area contributed by atoms with Crippen molar-refractivity contribution in [3.8, 4) is 0 Å². The lowest BCUT2D eigenvalue weighted by molar-refractivity contribution is -0.107. The van der Waals surface area contributed by atoms with Crippen molar-refractivity contribution >= 4 is 0 Å². The van der Waals surface area contributed by atoms with Gasteiger partial charge in [0.1, 0.15) is 0 Å². The first-order valence-electron chi connectivity index (χ1n) is 6.85. The van der Waals surface area contributed by atoms with Crippen LogP contribution in [0.1, 0.15) is 53.4 Å². The molecule has 0 heterocycles. The van der Waals surface area contributed by atoms with E-state index in [0.717, 1.165) is 12.3 Å². The first-order chi connectivity index (χ1) is 7.45. The van der Waals surface area contributed by atoms with E-state index in [1.807, 2.05) is 0 Å². The second-order valence-corrected chi connectivity index (χ2v) is 6.40. The van der Waals surface area contributed by atoms with Crippen molar-refractivity contribution < 1.29 is 5.11 Å². The highest BCUT2D eigenvalue weighted by molar-refractivity contribution is 5.15. The van der Waals surface area contributed by atoms with Gasteiger partial charge in [-0.05, 0) is 50.4 Å². The topological polar surface area (TPSA) is 20.2 Å². The van der Waals surface area contributed by atoms with Gasteiger partial charge in [-0.3, -0.25) is 0 Å². The summed E-state index contributed by atoms with van der Waals surface area (Å²) in [4.78, 5) is 0. The maximum Gasteiger partial charge on any atom is 0.0735 e. The van der Waals surface area contributed by atoms with Crippen LogP contribution in [0.4, 0.5) is 0 Å². The molecule has 0 radical (unpaired) electrons. The summed E-state index contributed by atoms with van der Waals surface area (Å²) in [5.41, 5.74) is 1.04. The molecule has 1 heteroatoms. The molecule has 1 N–H and O–H groups in total. The highest BCUT2D eigenvalue weighted by atomic mass is 16.3. The van der Waals surface area contributed by atoms with Crippen molar-refractivity contribution in [1.82, 2.24) is 0 Å². The summed E-state index contributed by atoms with van der Waals surface area (Å²) in [6.07, 6.45) is 7.08. The van der Waals surface area contributed by atoms with Gasteiger partial charge in [0.15, 0.2) is 0 Å². The molecule has 0 saturated heterocycles. The van der Waals surface area contributed by atoms with E-state index in [2.05, 4.69) is 33.8 Å². The van der Waals surface area contributed by atoms with Gasteiger partial charge in [-0.2, -0.15) is 0 Å². The van der Waals surface area contributed by atoms with E-state index in [0.29, 0.717) is 17.8 Å². The van der Waals surface area contributed by atoms with Crippen LogP contribution in [0.25, 0.3) is 0 Å². The molecule has 0 spiro atoms. The number of aliphatic hydroxyl groups is 1. The number of hydrogen-bond donors (Lipinski definition) is 1. The van der Waals surface area contributed by atoms with Crippen LogP contribution < -0.4 is 0 Å². The third kappa shape index (κ3) is 1.84. The molecule has 16 heavy (non-hydrogen) atoms. The Hall–Kier alpha value is -0.300. The molecule has 1 saturated carbocycles. The zero-order valence-electron chi connectivity index (χ0n) is 11.2. The van der Waals surface area contributed by atoms with Crippen molar-refractivity contribution in [1.29, 1.82) is 0 Å². The quantitative estimate of drug-likeness (QED) is 0.669. The Labute approximate surface area is 99.9 Å². The van der Waals surface area contributed by atoms with Gasteiger partial charge in [0.25, 0.3) is 0 Å². The summed E-state index contributed by atoms with van der Waals surface area (Å²) in [5, 5.41) is 10.9. The fourth-order valence-corrected chi connectivity index (χ4v) is 3.75. The van der Waals surface area contributed by atoms with Crippen molar-refractivity contribution in [2.45, 2.75) is 59.0 Å². The molecule has 0 bridgehead atoms. The molecular formula is C15H26O. The Balaban J connectivity index is 2.32. The van der Waals surface area contributed by atoms with Crippen LogP contribution >= 0.6 is 0 Å². The SMILES string of the molecule is CC1=C[C@H]2[C@@H](CC1)[C@H](C)CC[C@@]2(O)C(C)C. The molecule has 2 aliphatic carbocycles. The molecule has 0 aromatic carbocycles. The summed E-state index contributed by atoms with van der Waals surface area (Å²) in [6.45, 7) is 8.93. The first-order valence-corrected chi connectivity index (χ1v) is 6.85. The first kappa shape index (κ1) is 12.2. The Morgan fingerprint density at radius 3 is 2.69 bits per heavy atom. The molecule has 1 fully saturated rings. The smallest absolute Gasteiger partial charge is 0.0735 e. The van der Waals surface area contributed by atoms with E-state index in [4.69, 9.17) is 0 Å². The van der Waals surface area contributed by atoms with Crippen molar-refractivity contribution in [2.24, 2.45) is 23.7 Å². The molecule has 0 unspecified atom stereocenters. The number of hydrogen-bond acceptors (Lipinski definition) is 1. The molecular weight excluding hydrogens is 196 g/mol. The Morgan fingerprint density at radius 2 is 2.06 bits per heavy atom. The lowest BCUT2D eigenvalue weighted by Gasteiger charge is -2.50. The summed E-state index contributed by atoms with van der Waals surface area (Å²) < 4.78 is 0. The van der Waals surface area contributed by atoms with Gasteiger partial charge in [-0.15, -0.1) is 0 Å². The molecule has 0 aromatic rings. The van der Waals surface area contributed by atoms with Crippen LogP contribution in [0, 0.1) is 23.7 Å². The normalized spacial score (nSPS) is 44.1. The lowest BCUT2D eigenvalue weighted by atomic mass is 9.58. The molecule has 92 valence electrons. The second kappa shape index (κ2) is 4.18. The monoisotopic (exact) mass is 222 g/mol. The highest BCUT2D eigenvalue weighted by Gasteiger charge is 2.48.